The quantitative estimate of drug-likeness (QED) is 0.868. The number of carbonyl (C=O) groups is 2. The third-order valence-electron chi connectivity index (χ3n) is 3.42. The molecule has 1 aromatic rings. The van der Waals surface area contributed by atoms with Crippen molar-refractivity contribution in [3.05, 3.63) is 16.1 Å². The van der Waals surface area contributed by atoms with Gasteiger partial charge in [0.05, 0.1) is 23.7 Å². The molecule has 1 aromatic heterocycles. The Kier molecular flexibility index (Phi) is 3.96. The second-order valence-electron chi connectivity index (χ2n) is 4.62. The van der Waals surface area contributed by atoms with Crippen LogP contribution in [0.4, 0.5) is 0 Å². The molecule has 1 amide bonds. The van der Waals surface area contributed by atoms with Crippen LogP contribution in [0.2, 0.25) is 0 Å². The Bertz CT molecular complexity index is 458. The lowest BCUT2D eigenvalue weighted by Crippen LogP contribution is -2.29. The maximum absolute atomic E-state index is 11.9. The van der Waals surface area contributed by atoms with Crippen LogP contribution in [0, 0.1) is 18.8 Å². The Morgan fingerprint density at radius 3 is 2.78 bits per heavy atom. The van der Waals surface area contributed by atoms with E-state index in [0.717, 1.165) is 10.6 Å². The summed E-state index contributed by atoms with van der Waals surface area (Å²) in [6, 6.07) is 0. The fourth-order valence-electron chi connectivity index (χ4n) is 2.25. The number of aliphatic carboxylic acids is 1. The number of thiazole rings is 1. The molecule has 1 aliphatic carbocycles. The second-order valence-corrected chi connectivity index (χ2v) is 5.56. The topological polar surface area (TPSA) is 79.3 Å². The molecule has 0 bridgehead atoms. The van der Waals surface area contributed by atoms with Gasteiger partial charge in [0.2, 0.25) is 5.91 Å². The van der Waals surface area contributed by atoms with Gasteiger partial charge in [-0.15, -0.1) is 11.3 Å². The summed E-state index contributed by atoms with van der Waals surface area (Å²) in [6.07, 6.45) is 1.74. The first-order valence-electron chi connectivity index (χ1n) is 5.97. The predicted molar refractivity (Wildman–Crippen MR) is 67.2 cm³/mol. The molecule has 2 unspecified atom stereocenters. The smallest absolute Gasteiger partial charge is 0.306 e. The average Bonchev–Trinajstić information content (AvgIpc) is 2.94. The highest BCUT2D eigenvalue weighted by molar-refractivity contribution is 7.09. The SMILES string of the molecule is Cc1ncsc1CNC(=O)C1CCC(C(=O)O)C1. The van der Waals surface area contributed by atoms with Gasteiger partial charge >= 0.3 is 5.97 Å². The third-order valence-corrected chi connectivity index (χ3v) is 4.36. The van der Waals surface area contributed by atoms with Gasteiger partial charge in [0, 0.05) is 10.8 Å². The van der Waals surface area contributed by atoms with Crippen molar-refractivity contribution in [1.29, 1.82) is 0 Å². The van der Waals surface area contributed by atoms with Gasteiger partial charge in [-0.25, -0.2) is 4.98 Å². The van der Waals surface area contributed by atoms with Gasteiger partial charge in [0.1, 0.15) is 0 Å². The van der Waals surface area contributed by atoms with Crippen molar-refractivity contribution in [2.75, 3.05) is 0 Å². The molecule has 0 radical (unpaired) electrons. The predicted octanol–water partition coefficient (Wildman–Crippen LogP) is 1.57. The average molecular weight is 268 g/mol. The van der Waals surface area contributed by atoms with Gasteiger partial charge in [0.15, 0.2) is 0 Å². The minimum Gasteiger partial charge on any atom is -0.481 e. The van der Waals surface area contributed by atoms with Crippen molar-refractivity contribution in [3.63, 3.8) is 0 Å². The molecule has 18 heavy (non-hydrogen) atoms. The summed E-state index contributed by atoms with van der Waals surface area (Å²) in [5, 5.41) is 11.8. The van der Waals surface area contributed by atoms with E-state index in [1.807, 2.05) is 6.92 Å². The summed E-state index contributed by atoms with van der Waals surface area (Å²) in [7, 11) is 0. The Hall–Kier alpha value is -1.43. The van der Waals surface area contributed by atoms with Gasteiger partial charge in [-0.3, -0.25) is 9.59 Å². The number of amides is 1. The number of aromatic nitrogens is 1. The molecule has 0 aromatic carbocycles. The maximum Gasteiger partial charge on any atom is 0.306 e. The number of carboxylic acid groups (broad SMARTS) is 1. The number of carboxylic acids is 1. The van der Waals surface area contributed by atoms with Gasteiger partial charge in [-0.2, -0.15) is 0 Å². The molecule has 2 N–H and O–H groups in total. The van der Waals surface area contributed by atoms with E-state index >= 15 is 0 Å². The molecule has 98 valence electrons. The molecule has 2 rings (SSSR count). The van der Waals surface area contributed by atoms with Crippen LogP contribution < -0.4 is 5.32 Å². The van der Waals surface area contributed by atoms with Gasteiger partial charge < -0.3 is 10.4 Å². The molecule has 1 aliphatic rings. The largest absolute Gasteiger partial charge is 0.481 e. The van der Waals surface area contributed by atoms with Crippen molar-refractivity contribution in [2.24, 2.45) is 11.8 Å². The van der Waals surface area contributed by atoms with Crippen LogP contribution in [0.5, 0.6) is 0 Å². The van der Waals surface area contributed by atoms with E-state index in [4.69, 9.17) is 5.11 Å². The van der Waals surface area contributed by atoms with Gasteiger partial charge in [-0.1, -0.05) is 0 Å². The minimum absolute atomic E-state index is 0.0356. The third kappa shape index (κ3) is 2.87. The Balaban J connectivity index is 1.83. The lowest BCUT2D eigenvalue weighted by atomic mass is 10.0. The minimum atomic E-state index is -0.788. The molecular formula is C12H16N2O3S. The highest BCUT2D eigenvalue weighted by atomic mass is 32.1. The number of hydrogen-bond donors (Lipinski definition) is 2. The molecule has 5 nitrogen and oxygen atoms in total. The van der Waals surface area contributed by atoms with Gasteiger partial charge in [0.25, 0.3) is 0 Å². The Morgan fingerprint density at radius 1 is 1.50 bits per heavy atom. The van der Waals surface area contributed by atoms with Crippen LogP contribution in [0.1, 0.15) is 29.8 Å². The molecule has 2 atom stereocenters. The molecule has 0 aliphatic heterocycles. The summed E-state index contributed by atoms with van der Waals surface area (Å²) in [4.78, 5) is 27.9. The number of aryl methyl sites for hydroxylation is 1. The van der Waals surface area contributed by atoms with Crippen LogP contribution in [0.3, 0.4) is 0 Å². The summed E-state index contributed by atoms with van der Waals surface area (Å²) in [6.45, 7) is 2.40. The highest BCUT2D eigenvalue weighted by Crippen LogP contribution is 2.31. The number of nitrogens with one attached hydrogen (secondary N) is 1. The van der Waals surface area contributed by atoms with Crippen molar-refractivity contribution in [1.82, 2.24) is 10.3 Å². The van der Waals surface area contributed by atoms with Crippen molar-refractivity contribution in [3.8, 4) is 0 Å². The van der Waals surface area contributed by atoms with E-state index in [1.165, 1.54) is 11.3 Å². The van der Waals surface area contributed by atoms with Crippen LogP contribution in [0.15, 0.2) is 5.51 Å². The van der Waals surface area contributed by atoms with Crippen molar-refractivity contribution >= 4 is 23.2 Å². The molecule has 6 heteroatoms. The summed E-state index contributed by atoms with van der Waals surface area (Å²) in [5.41, 5.74) is 2.70. The summed E-state index contributed by atoms with van der Waals surface area (Å²) < 4.78 is 0. The second kappa shape index (κ2) is 5.48. The highest BCUT2D eigenvalue weighted by Gasteiger charge is 2.33. The number of rotatable bonds is 4. The first-order chi connectivity index (χ1) is 8.58. The standard InChI is InChI=1S/C12H16N2O3S/c1-7-10(18-6-14-7)5-13-11(15)8-2-3-9(4-8)12(16)17/h6,8-9H,2-5H2,1H3,(H,13,15)(H,16,17). The van der Waals surface area contributed by atoms with E-state index in [1.54, 1.807) is 5.51 Å². The monoisotopic (exact) mass is 268 g/mol. The zero-order valence-electron chi connectivity index (χ0n) is 10.2. The Morgan fingerprint density at radius 2 is 2.22 bits per heavy atom. The fraction of sp³-hybridized carbons (Fsp3) is 0.583. The van der Waals surface area contributed by atoms with Gasteiger partial charge in [-0.05, 0) is 26.2 Å². The molecule has 1 heterocycles. The van der Waals surface area contributed by atoms with Crippen LogP contribution in [-0.2, 0) is 16.1 Å². The molecule has 1 saturated carbocycles. The zero-order valence-corrected chi connectivity index (χ0v) is 11.0. The molecular weight excluding hydrogens is 252 g/mol. The molecule has 1 fully saturated rings. The number of carbonyl (C=O) groups excluding carboxylic acids is 1. The molecule has 0 spiro atoms. The summed E-state index contributed by atoms with van der Waals surface area (Å²) >= 11 is 1.52. The normalized spacial score (nSPS) is 22.9. The lowest BCUT2D eigenvalue weighted by molar-refractivity contribution is -0.141. The maximum atomic E-state index is 11.9. The van der Waals surface area contributed by atoms with E-state index in [9.17, 15) is 9.59 Å². The fourth-order valence-corrected chi connectivity index (χ4v) is 2.97. The van der Waals surface area contributed by atoms with E-state index < -0.39 is 5.97 Å². The summed E-state index contributed by atoms with van der Waals surface area (Å²) in [5.74, 6) is -1.33. The van der Waals surface area contributed by atoms with Crippen LogP contribution >= 0.6 is 11.3 Å². The van der Waals surface area contributed by atoms with Crippen LogP contribution in [0.25, 0.3) is 0 Å². The lowest BCUT2D eigenvalue weighted by Gasteiger charge is -2.10. The van der Waals surface area contributed by atoms with Crippen LogP contribution in [-0.4, -0.2) is 22.0 Å². The number of nitrogens with zero attached hydrogens (tertiary/aromatic N) is 1. The van der Waals surface area contributed by atoms with E-state index in [2.05, 4.69) is 10.3 Å². The first-order valence-corrected chi connectivity index (χ1v) is 6.85. The van der Waals surface area contributed by atoms with E-state index in [0.29, 0.717) is 25.8 Å². The molecule has 0 saturated heterocycles. The van der Waals surface area contributed by atoms with Crippen molar-refractivity contribution in [2.45, 2.75) is 32.7 Å². The Labute approximate surface area is 109 Å². The van der Waals surface area contributed by atoms with E-state index in [-0.39, 0.29) is 17.7 Å². The first kappa shape index (κ1) is 13.0. The zero-order chi connectivity index (χ0) is 13.1. The number of hydrogen-bond acceptors (Lipinski definition) is 4. The van der Waals surface area contributed by atoms with Crippen molar-refractivity contribution < 1.29 is 14.7 Å².